The van der Waals surface area contributed by atoms with Crippen LogP contribution in [-0.2, 0) is 0 Å². The Kier molecular flexibility index (Phi) is 4.39. The first-order valence-corrected chi connectivity index (χ1v) is 14.5. The molecule has 0 saturated carbocycles. The van der Waals surface area contributed by atoms with Crippen LogP contribution >= 0.6 is 0 Å². The number of nitrogens with zero attached hydrogens (tertiary/aromatic N) is 5. The first kappa shape index (κ1) is 22.7. The molecule has 0 bridgehead atoms. The molecule has 5 aromatic heterocycles. The number of fused-ring (bicyclic) bond motifs is 14. The van der Waals surface area contributed by atoms with Crippen molar-refractivity contribution in [2.75, 3.05) is 0 Å². The molecule has 5 nitrogen and oxygen atoms in total. The summed E-state index contributed by atoms with van der Waals surface area (Å²) in [5.41, 5.74) is 9.12. The van der Waals surface area contributed by atoms with Crippen LogP contribution in [0.3, 0.4) is 0 Å². The van der Waals surface area contributed by atoms with Crippen LogP contribution in [0.4, 0.5) is 0 Å². The van der Waals surface area contributed by atoms with Gasteiger partial charge < -0.3 is 9.13 Å². The van der Waals surface area contributed by atoms with Gasteiger partial charge in [-0.25, -0.2) is 4.98 Å². The van der Waals surface area contributed by atoms with Crippen LogP contribution in [0.2, 0.25) is 0 Å². The van der Waals surface area contributed by atoms with Crippen LogP contribution in [0.1, 0.15) is 0 Å². The van der Waals surface area contributed by atoms with Crippen LogP contribution in [0.15, 0.2) is 140 Å². The molecule has 0 spiro atoms. The van der Waals surface area contributed by atoms with E-state index >= 15 is 0 Å². The Morgan fingerprint density at radius 3 is 1.86 bits per heavy atom. The second kappa shape index (κ2) is 8.30. The molecule has 5 heterocycles. The molecule has 0 fully saturated rings. The fourth-order valence-corrected chi connectivity index (χ4v) is 7.28. The third-order valence-electron chi connectivity index (χ3n) is 8.96. The molecule has 0 unspecified atom stereocenters. The van der Waals surface area contributed by atoms with Crippen molar-refractivity contribution in [1.29, 1.82) is 0 Å². The third-order valence-corrected chi connectivity index (χ3v) is 8.96. The summed E-state index contributed by atoms with van der Waals surface area (Å²) in [6.45, 7) is 0. The molecule has 0 atom stereocenters. The summed E-state index contributed by atoms with van der Waals surface area (Å²) in [6.07, 6.45) is 7.76. The zero-order chi connectivity index (χ0) is 28.1. The van der Waals surface area contributed by atoms with Gasteiger partial charge >= 0.3 is 0 Å². The predicted octanol–water partition coefficient (Wildman–Crippen LogP) is 9.23. The molecule has 0 amide bonds. The summed E-state index contributed by atoms with van der Waals surface area (Å²) in [5, 5.41) is 8.34. The van der Waals surface area contributed by atoms with Gasteiger partial charge in [0.05, 0.1) is 27.6 Å². The van der Waals surface area contributed by atoms with E-state index in [9.17, 15) is 0 Å². The Balaban J connectivity index is 1.53. The van der Waals surface area contributed by atoms with Crippen LogP contribution < -0.4 is 0 Å². The Morgan fingerprint density at radius 1 is 0.442 bits per heavy atom. The van der Waals surface area contributed by atoms with Crippen LogP contribution in [0.5, 0.6) is 0 Å². The molecule has 5 aromatic carbocycles. The highest BCUT2D eigenvalue weighted by Crippen LogP contribution is 2.45. The standard InChI is InChI=1S/C38H23N5/c1-3-9-24(10-4-1)42-31-14-8-7-13-29(31)35-33(42)18-16-28-27-15-17-32-34(36(27)43(37(28)35)25-11-5-2-6-12-25)26-19-20-39-23-30(26)38-40-21-22-41(32)38/h1-23H. The van der Waals surface area contributed by atoms with Crippen molar-refractivity contribution < 1.29 is 0 Å². The van der Waals surface area contributed by atoms with Gasteiger partial charge in [-0.1, -0.05) is 66.7 Å². The summed E-state index contributed by atoms with van der Waals surface area (Å²) in [7, 11) is 0. The smallest absolute Gasteiger partial charge is 0.146 e. The molecular formula is C38H23N5. The van der Waals surface area contributed by atoms with Crippen molar-refractivity contribution in [3.63, 3.8) is 0 Å². The van der Waals surface area contributed by atoms with E-state index in [1.165, 1.54) is 49.0 Å². The summed E-state index contributed by atoms with van der Waals surface area (Å²) in [6, 6.07) is 41.5. The average Bonchev–Trinajstić information content (AvgIpc) is 3.78. The van der Waals surface area contributed by atoms with Crippen molar-refractivity contribution in [1.82, 2.24) is 23.5 Å². The van der Waals surface area contributed by atoms with E-state index in [0.717, 1.165) is 33.3 Å². The molecule has 0 N–H and O–H groups in total. The van der Waals surface area contributed by atoms with Crippen LogP contribution in [0, 0.1) is 0 Å². The fourth-order valence-electron chi connectivity index (χ4n) is 7.28. The van der Waals surface area contributed by atoms with Gasteiger partial charge in [-0.05, 0) is 53.9 Å². The topological polar surface area (TPSA) is 40.1 Å². The molecule has 0 aliphatic carbocycles. The Morgan fingerprint density at radius 2 is 1.09 bits per heavy atom. The lowest BCUT2D eigenvalue weighted by molar-refractivity contribution is 1.17. The number of para-hydroxylation sites is 3. The Bertz CT molecular complexity index is 2710. The highest BCUT2D eigenvalue weighted by atomic mass is 15.0. The molecular weight excluding hydrogens is 526 g/mol. The van der Waals surface area contributed by atoms with Crippen molar-refractivity contribution in [3.05, 3.63) is 140 Å². The number of rotatable bonds is 2. The highest BCUT2D eigenvalue weighted by Gasteiger charge is 2.23. The van der Waals surface area contributed by atoms with E-state index in [1.54, 1.807) is 0 Å². The summed E-state index contributed by atoms with van der Waals surface area (Å²) in [5.74, 6) is 0. The van der Waals surface area contributed by atoms with Gasteiger partial charge in [0.2, 0.25) is 0 Å². The second-order valence-corrected chi connectivity index (χ2v) is 11.1. The number of aromatic nitrogens is 5. The molecule has 43 heavy (non-hydrogen) atoms. The van der Waals surface area contributed by atoms with Crippen molar-refractivity contribution in [3.8, 4) is 11.4 Å². The van der Waals surface area contributed by atoms with Crippen molar-refractivity contribution in [2.24, 2.45) is 0 Å². The average molecular weight is 550 g/mol. The number of imidazole rings is 1. The normalized spacial score (nSPS) is 12.2. The molecule has 10 aromatic rings. The van der Waals surface area contributed by atoms with Gasteiger partial charge in [0.1, 0.15) is 5.65 Å². The van der Waals surface area contributed by atoms with Gasteiger partial charge in [-0.2, -0.15) is 0 Å². The molecule has 5 heteroatoms. The first-order chi connectivity index (χ1) is 21.4. The van der Waals surface area contributed by atoms with Gasteiger partial charge in [0, 0.05) is 68.5 Å². The minimum atomic E-state index is 0.922. The third kappa shape index (κ3) is 2.90. The number of benzene rings is 5. The monoisotopic (exact) mass is 549 g/mol. The summed E-state index contributed by atoms with van der Waals surface area (Å²) in [4.78, 5) is 9.22. The van der Waals surface area contributed by atoms with E-state index in [2.05, 4.69) is 140 Å². The van der Waals surface area contributed by atoms with E-state index < -0.39 is 0 Å². The van der Waals surface area contributed by atoms with E-state index in [-0.39, 0.29) is 0 Å². The quantitative estimate of drug-likeness (QED) is 0.202. The molecule has 0 aliphatic heterocycles. The van der Waals surface area contributed by atoms with Crippen molar-refractivity contribution in [2.45, 2.75) is 0 Å². The van der Waals surface area contributed by atoms with E-state index in [0.29, 0.717) is 0 Å². The van der Waals surface area contributed by atoms with Crippen LogP contribution in [0.25, 0.3) is 82.3 Å². The SMILES string of the molecule is c1ccc(-n2c3ccccc3c3c2ccc2c4ccc5c(c6ccncc6c6nccn56)c4n(-c4ccccc4)c23)cc1. The van der Waals surface area contributed by atoms with Crippen LogP contribution in [-0.4, -0.2) is 23.5 Å². The minimum absolute atomic E-state index is 0.922. The highest BCUT2D eigenvalue weighted by molar-refractivity contribution is 6.31. The molecule has 0 saturated heterocycles. The van der Waals surface area contributed by atoms with E-state index in [1.807, 2.05) is 18.6 Å². The molecule has 200 valence electrons. The first-order valence-electron chi connectivity index (χ1n) is 14.5. The molecule has 10 rings (SSSR count). The Labute approximate surface area is 245 Å². The second-order valence-electron chi connectivity index (χ2n) is 11.1. The molecule has 0 aliphatic rings. The lowest BCUT2D eigenvalue weighted by Gasteiger charge is -2.13. The number of hydrogen-bond donors (Lipinski definition) is 0. The van der Waals surface area contributed by atoms with Crippen molar-refractivity contribution >= 4 is 70.9 Å². The zero-order valence-corrected chi connectivity index (χ0v) is 23.0. The maximum Gasteiger partial charge on any atom is 0.146 e. The molecule has 0 radical (unpaired) electrons. The fraction of sp³-hybridized carbons (Fsp3) is 0. The van der Waals surface area contributed by atoms with E-state index in [4.69, 9.17) is 4.98 Å². The summed E-state index contributed by atoms with van der Waals surface area (Å²) < 4.78 is 7.08. The maximum atomic E-state index is 4.72. The summed E-state index contributed by atoms with van der Waals surface area (Å²) >= 11 is 0. The lowest BCUT2D eigenvalue weighted by Crippen LogP contribution is -1.97. The maximum absolute atomic E-state index is 4.72. The largest absolute Gasteiger partial charge is 0.309 e. The van der Waals surface area contributed by atoms with Gasteiger partial charge in [-0.15, -0.1) is 0 Å². The van der Waals surface area contributed by atoms with Gasteiger partial charge in [0.25, 0.3) is 0 Å². The minimum Gasteiger partial charge on any atom is -0.309 e. The number of hydrogen-bond acceptors (Lipinski definition) is 2. The van der Waals surface area contributed by atoms with Gasteiger partial charge in [0.15, 0.2) is 0 Å². The zero-order valence-electron chi connectivity index (χ0n) is 23.0. The predicted molar refractivity (Wildman–Crippen MR) is 177 cm³/mol. The Hall–Kier alpha value is -5.94. The lowest BCUT2D eigenvalue weighted by atomic mass is 10.0. The van der Waals surface area contributed by atoms with Gasteiger partial charge in [-0.3, -0.25) is 9.38 Å². The number of pyridine rings is 2.